The lowest BCUT2D eigenvalue weighted by Gasteiger charge is -2.27. The van der Waals surface area contributed by atoms with Gasteiger partial charge in [0.15, 0.2) is 16.4 Å². The quantitative estimate of drug-likeness (QED) is 0.729. The van der Waals surface area contributed by atoms with Gasteiger partial charge in [-0.25, -0.2) is 8.42 Å². The third kappa shape index (κ3) is 5.05. The van der Waals surface area contributed by atoms with E-state index in [-0.39, 0.29) is 36.6 Å². The molecule has 0 spiro atoms. The van der Waals surface area contributed by atoms with Crippen LogP contribution in [0, 0.1) is 13.8 Å². The van der Waals surface area contributed by atoms with Gasteiger partial charge in [0.2, 0.25) is 0 Å². The molecule has 2 heterocycles. The van der Waals surface area contributed by atoms with Crippen LogP contribution in [0.4, 0.5) is 0 Å². The van der Waals surface area contributed by atoms with Gasteiger partial charge in [-0.1, -0.05) is 11.6 Å². The molecule has 0 bridgehead atoms. The number of nitrogens with zero attached hydrogens (tertiary/aromatic N) is 1. The smallest absolute Gasteiger partial charge is 0.261 e. The second-order valence-corrected chi connectivity index (χ2v) is 9.43. The Morgan fingerprint density at radius 1 is 1.30 bits per heavy atom. The fourth-order valence-corrected chi connectivity index (χ4v) is 4.96. The fourth-order valence-electron chi connectivity index (χ4n) is 3.12. The Morgan fingerprint density at radius 3 is 2.67 bits per heavy atom. The highest BCUT2D eigenvalue weighted by Crippen LogP contribution is 2.23. The zero-order valence-electron chi connectivity index (χ0n) is 15.3. The van der Waals surface area contributed by atoms with E-state index in [1.54, 1.807) is 29.2 Å². The number of carbonyl (C=O) groups excluding carboxylic acids is 1. The number of ether oxygens (including phenoxy) is 1. The maximum absolute atomic E-state index is 12.8. The lowest BCUT2D eigenvalue weighted by molar-refractivity contribution is -0.136. The molecular weight excluding hydrogens is 390 g/mol. The Bertz CT molecular complexity index is 937. The zero-order valence-corrected chi connectivity index (χ0v) is 16.8. The third-order valence-corrected chi connectivity index (χ3v) is 6.76. The van der Waals surface area contributed by atoms with E-state index < -0.39 is 9.84 Å². The number of rotatable bonds is 6. The standard InChI is InChI=1S/C19H22ClNO5S/c1-13-9-16(5-6-18(13)20)25-11-19(22)21(10-17-4-3-14(2)26-17)15-7-8-27(23,24)12-15/h3-6,9,15H,7-8,10-12H2,1-2H3/t15-/m0/s1. The van der Waals surface area contributed by atoms with Crippen molar-refractivity contribution < 1.29 is 22.4 Å². The second-order valence-electron chi connectivity index (χ2n) is 6.79. The number of carbonyl (C=O) groups is 1. The van der Waals surface area contributed by atoms with Crippen molar-refractivity contribution in [2.75, 3.05) is 18.1 Å². The molecular formula is C19H22ClNO5S. The predicted molar refractivity (Wildman–Crippen MR) is 103 cm³/mol. The molecule has 0 N–H and O–H groups in total. The number of hydrogen-bond donors (Lipinski definition) is 0. The van der Waals surface area contributed by atoms with Crippen molar-refractivity contribution in [3.63, 3.8) is 0 Å². The topological polar surface area (TPSA) is 76.8 Å². The number of sulfone groups is 1. The SMILES string of the molecule is Cc1ccc(CN(C(=O)COc2ccc(Cl)c(C)c2)[C@H]2CCS(=O)(=O)C2)o1. The minimum Gasteiger partial charge on any atom is -0.484 e. The van der Waals surface area contributed by atoms with Gasteiger partial charge in [-0.15, -0.1) is 0 Å². The Labute approximate surface area is 164 Å². The summed E-state index contributed by atoms with van der Waals surface area (Å²) in [5.74, 6) is 1.68. The van der Waals surface area contributed by atoms with Gasteiger partial charge in [0.25, 0.3) is 5.91 Å². The molecule has 2 aromatic rings. The summed E-state index contributed by atoms with van der Waals surface area (Å²) >= 11 is 6.00. The molecule has 1 saturated heterocycles. The van der Waals surface area contributed by atoms with Crippen LogP contribution in [0.25, 0.3) is 0 Å². The Kier molecular flexibility index (Phi) is 5.81. The minimum absolute atomic E-state index is 0.0293. The first-order chi connectivity index (χ1) is 12.7. The van der Waals surface area contributed by atoms with Gasteiger partial charge in [0.05, 0.1) is 18.1 Å². The fraction of sp³-hybridized carbons (Fsp3) is 0.421. The molecule has 1 aromatic heterocycles. The molecule has 1 amide bonds. The molecule has 1 aliphatic heterocycles. The molecule has 8 heteroatoms. The molecule has 0 radical (unpaired) electrons. The van der Waals surface area contributed by atoms with Crippen LogP contribution < -0.4 is 4.74 Å². The molecule has 146 valence electrons. The van der Waals surface area contributed by atoms with Crippen LogP contribution in [0.3, 0.4) is 0 Å². The van der Waals surface area contributed by atoms with E-state index in [4.69, 9.17) is 20.8 Å². The van der Waals surface area contributed by atoms with Crippen LogP contribution in [0.1, 0.15) is 23.5 Å². The molecule has 0 saturated carbocycles. The third-order valence-electron chi connectivity index (χ3n) is 4.58. The van der Waals surface area contributed by atoms with Crippen LogP contribution in [0.2, 0.25) is 5.02 Å². The van der Waals surface area contributed by atoms with Gasteiger partial charge in [-0.05, 0) is 56.2 Å². The molecule has 0 unspecified atom stereocenters. The number of hydrogen-bond acceptors (Lipinski definition) is 5. The molecule has 1 atom stereocenters. The summed E-state index contributed by atoms with van der Waals surface area (Å²) in [6.07, 6.45) is 0.424. The van der Waals surface area contributed by atoms with Crippen molar-refractivity contribution >= 4 is 27.3 Å². The van der Waals surface area contributed by atoms with E-state index in [9.17, 15) is 13.2 Å². The summed E-state index contributed by atoms with van der Waals surface area (Å²) in [5.41, 5.74) is 0.853. The Hall–Kier alpha value is -1.99. The summed E-state index contributed by atoms with van der Waals surface area (Å²) in [6, 6.07) is 8.41. The average molecular weight is 412 g/mol. The van der Waals surface area contributed by atoms with Crippen molar-refractivity contribution in [3.05, 3.63) is 52.4 Å². The van der Waals surface area contributed by atoms with Gasteiger partial charge < -0.3 is 14.1 Å². The number of amides is 1. The highest BCUT2D eigenvalue weighted by Gasteiger charge is 2.35. The van der Waals surface area contributed by atoms with Crippen LogP contribution in [-0.4, -0.2) is 43.4 Å². The van der Waals surface area contributed by atoms with E-state index in [1.807, 2.05) is 19.9 Å². The van der Waals surface area contributed by atoms with Crippen molar-refractivity contribution in [1.29, 1.82) is 0 Å². The minimum atomic E-state index is -3.12. The lowest BCUT2D eigenvalue weighted by atomic mass is 10.2. The van der Waals surface area contributed by atoms with Gasteiger partial charge in [0.1, 0.15) is 17.3 Å². The van der Waals surface area contributed by atoms with Crippen LogP contribution in [0.15, 0.2) is 34.7 Å². The van der Waals surface area contributed by atoms with Crippen LogP contribution in [0.5, 0.6) is 5.75 Å². The van der Waals surface area contributed by atoms with E-state index in [0.29, 0.717) is 23.0 Å². The molecule has 3 rings (SSSR count). The van der Waals surface area contributed by atoms with E-state index >= 15 is 0 Å². The summed E-state index contributed by atoms with van der Waals surface area (Å²) in [7, 11) is -3.12. The van der Waals surface area contributed by atoms with E-state index in [0.717, 1.165) is 11.3 Å². The van der Waals surface area contributed by atoms with Gasteiger partial charge in [0, 0.05) is 11.1 Å². The lowest BCUT2D eigenvalue weighted by Crippen LogP contribution is -2.43. The van der Waals surface area contributed by atoms with E-state index in [1.165, 1.54) is 0 Å². The van der Waals surface area contributed by atoms with Crippen molar-refractivity contribution in [2.24, 2.45) is 0 Å². The molecule has 0 aliphatic carbocycles. The molecule has 6 nitrogen and oxygen atoms in total. The first-order valence-corrected chi connectivity index (χ1v) is 10.9. The molecule has 1 aliphatic rings. The van der Waals surface area contributed by atoms with E-state index in [2.05, 4.69) is 0 Å². The van der Waals surface area contributed by atoms with Gasteiger partial charge >= 0.3 is 0 Å². The molecule has 27 heavy (non-hydrogen) atoms. The molecule has 1 fully saturated rings. The van der Waals surface area contributed by atoms with Gasteiger partial charge in [-0.2, -0.15) is 0 Å². The number of benzene rings is 1. The van der Waals surface area contributed by atoms with Crippen molar-refractivity contribution in [1.82, 2.24) is 4.90 Å². The number of halogens is 1. The second kappa shape index (κ2) is 7.94. The maximum atomic E-state index is 12.8. The monoisotopic (exact) mass is 411 g/mol. The average Bonchev–Trinajstić information content (AvgIpc) is 3.18. The highest BCUT2D eigenvalue weighted by molar-refractivity contribution is 7.91. The number of aryl methyl sites for hydroxylation is 2. The Morgan fingerprint density at radius 2 is 2.07 bits per heavy atom. The summed E-state index contributed by atoms with van der Waals surface area (Å²) in [4.78, 5) is 14.4. The maximum Gasteiger partial charge on any atom is 0.261 e. The summed E-state index contributed by atoms with van der Waals surface area (Å²) in [6.45, 7) is 3.71. The molecule has 1 aromatic carbocycles. The van der Waals surface area contributed by atoms with Crippen molar-refractivity contribution in [2.45, 2.75) is 32.9 Å². The first kappa shape index (κ1) is 19.8. The normalized spacial score (nSPS) is 18.4. The zero-order chi connectivity index (χ0) is 19.6. The summed E-state index contributed by atoms with van der Waals surface area (Å²) < 4.78 is 34.9. The van der Waals surface area contributed by atoms with Crippen LogP contribution >= 0.6 is 11.6 Å². The predicted octanol–water partition coefficient (Wildman–Crippen LogP) is 3.14. The first-order valence-electron chi connectivity index (χ1n) is 8.68. The Balaban J connectivity index is 1.72. The number of furan rings is 1. The highest BCUT2D eigenvalue weighted by atomic mass is 35.5. The van der Waals surface area contributed by atoms with Crippen LogP contribution in [-0.2, 0) is 21.2 Å². The largest absolute Gasteiger partial charge is 0.484 e. The van der Waals surface area contributed by atoms with Crippen molar-refractivity contribution in [3.8, 4) is 5.75 Å². The van der Waals surface area contributed by atoms with Gasteiger partial charge in [-0.3, -0.25) is 4.79 Å². The summed E-state index contributed by atoms with van der Waals surface area (Å²) in [5, 5.41) is 0.625.